The second-order valence-corrected chi connectivity index (χ2v) is 14.5. The van der Waals surface area contributed by atoms with E-state index in [1.54, 1.807) is 11.8 Å². The molecule has 0 radical (unpaired) electrons. The lowest BCUT2D eigenvalue weighted by molar-refractivity contribution is 0.666. The third-order valence-electron chi connectivity index (χ3n) is 10.2. The predicted molar refractivity (Wildman–Crippen MR) is 202 cm³/mol. The largest absolute Gasteiger partial charge is 0.456 e. The first kappa shape index (κ1) is 27.6. The number of para-hydroxylation sites is 1. The van der Waals surface area contributed by atoms with Crippen molar-refractivity contribution < 1.29 is 4.42 Å². The van der Waals surface area contributed by atoms with Crippen molar-refractivity contribution in [1.82, 2.24) is 4.57 Å². The Morgan fingerprint density at radius 2 is 1.23 bits per heavy atom. The topological polar surface area (TPSA) is 18.1 Å². The molecule has 0 saturated heterocycles. The lowest BCUT2D eigenvalue weighted by Gasteiger charge is -2.22. The highest BCUT2D eigenvalue weighted by atomic mass is 32.2. The van der Waals surface area contributed by atoms with Crippen LogP contribution in [0.5, 0.6) is 0 Å². The molecule has 0 aliphatic heterocycles. The first-order valence-electron chi connectivity index (χ1n) is 16.5. The summed E-state index contributed by atoms with van der Waals surface area (Å²) in [5.74, 6) is 0. The van der Waals surface area contributed by atoms with Gasteiger partial charge in [0.2, 0.25) is 0 Å². The Morgan fingerprint density at radius 3 is 2.10 bits per heavy atom. The quantitative estimate of drug-likeness (QED) is 0.192. The number of aromatic nitrogens is 1. The van der Waals surface area contributed by atoms with Crippen LogP contribution in [0.15, 0.2) is 166 Å². The van der Waals surface area contributed by atoms with Crippen LogP contribution in [-0.2, 0) is 5.41 Å². The van der Waals surface area contributed by atoms with E-state index in [1.165, 1.54) is 65.0 Å². The number of fused-ring (bicyclic) bond motifs is 10. The van der Waals surface area contributed by atoms with E-state index in [-0.39, 0.29) is 5.41 Å². The van der Waals surface area contributed by atoms with Gasteiger partial charge in [0.25, 0.3) is 0 Å². The lowest BCUT2D eigenvalue weighted by Crippen LogP contribution is -2.15. The van der Waals surface area contributed by atoms with E-state index in [9.17, 15) is 0 Å². The molecular weight excluding hydrogens is 603 g/mol. The van der Waals surface area contributed by atoms with E-state index in [1.807, 2.05) is 12.1 Å². The summed E-state index contributed by atoms with van der Waals surface area (Å²) in [4.78, 5) is 2.48. The average molecular weight is 634 g/mol. The summed E-state index contributed by atoms with van der Waals surface area (Å²) in [5, 5.41) is 4.89. The molecule has 0 unspecified atom stereocenters. The van der Waals surface area contributed by atoms with Crippen LogP contribution in [0, 0.1) is 0 Å². The first-order chi connectivity index (χ1) is 23.5. The maximum Gasteiger partial charge on any atom is 0.137 e. The molecule has 48 heavy (non-hydrogen) atoms. The van der Waals surface area contributed by atoms with Gasteiger partial charge >= 0.3 is 0 Å². The van der Waals surface area contributed by atoms with Crippen molar-refractivity contribution in [3.63, 3.8) is 0 Å². The molecule has 2 nitrogen and oxygen atoms in total. The summed E-state index contributed by atoms with van der Waals surface area (Å²) in [7, 11) is 0. The normalized spacial score (nSPS) is 13.5. The van der Waals surface area contributed by atoms with E-state index in [4.69, 9.17) is 4.42 Å². The fraction of sp³-hybridized carbons (Fsp3) is 0.0667. The number of benzene rings is 7. The number of rotatable bonds is 4. The monoisotopic (exact) mass is 633 g/mol. The summed E-state index contributed by atoms with van der Waals surface area (Å²) in [6, 6.07) is 55.1. The van der Waals surface area contributed by atoms with E-state index >= 15 is 0 Å². The molecule has 2 heterocycles. The van der Waals surface area contributed by atoms with Crippen molar-refractivity contribution in [2.45, 2.75) is 29.1 Å². The van der Waals surface area contributed by atoms with Gasteiger partial charge in [-0.2, -0.15) is 0 Å². The van der Waals surface area contributed by atoms with Crippen LogP contribution >= 0.6 is 11.8 Å². The Bertz CT molecular complexity index is 2710. The van der Waals surface area contributed by atoms with E-state index in [2.05, 4.69) is 158 Å². The lowest BCUT2D eigenvalue weighted by atomic mass is 9.80. The highest BCUT2D eigenvalue weighted by Crippen LogP contribution is 2.53. The maximum atomic E-state index is 6.37. The second kappa shape index (κ2) is 10.2. The molecule has 0 amide bonds. The van der Waals surface area contributed by atoms with Crippen molar-refractivity contribution in [1.29, 1.82) is 0 Å². The van der Waals surface area contributed by atoms with Gasteiger partial charge in [-0.15, -0.1) is 0 Å². The Labute approximate surface area is 283 Å². The maximum absolute atomic E-state index is 6.37. The number of nitrogens with zero attached hydrogens (tertiary/aromatic N) is 1. The SMILES string of the molecule is CC1(C)c2ccccc2-c2ccc3c(c21)c1cc(-c2ccc(Sc4ccccc4)cc2)ccc1n3-c1ccc2c(c1)oc1ccccc12. The molecule has 0 fully saturated rings. The van der Waals surface area contributed by atoms with Crippen molar-refractivity contribution in [2.75, 3.05) is 0 Å². The third-order valence-corrected chi connectivity index (χ3v) is 11.2. The van der Waals surface area contributed by atoms with Crippen molar-refractivity contribution in [3.8, 4) is 27.9 Å². The minimum Gasteiger partial charge on any atom is -0.456 e. The minimum atomic E-state index is -0.139. The number of hydrogen-bond donors (Lipinski definition) is 0. The molecule has 1 aliphatic rings. The van der Waals surface area contributed by atoms with Gasteiger partial charge in [-0.25, -0.2) is 0 Å². The molecule has 0 N–H and O–H groups in total. The molecule has 228 valence electrons. The predicted octanol–water partition coefficient (Wildman–Crippen LogP) is 12.8. The molecule has 1 aliphatic carbocycles. The summed E-state index contributed by atoms with van der Waals surface area (Å²) in [5.41, 5.74) is 13.1. The summed E-state index contributed by atoms with van der Waals surface area (Å²) >= 11 is 1.79. The highest BCUT2D eigenvalue weighted by molar-refractivity contribution is 7.99. The molecule has 3 heteroatoms. The van der Waals surface area contributed by atoms with Crippen LogP contribution in [0.4, 0.5) is 0 Å². The standard InChI is InChI=1S/C45H31NOS/c1-45(2)38-14-8-6-12-33(38)36-23-25-40-43(44(36)45)37-26-29(28-16-20-32(21-17-28)48-31-10-4-3-5-11-31)18-24-39(37)46(40)30-19-22-35-34-13-7-9-15-41(34)47-42(35)27-30/h3-27H,1-2H3. The number of hydrogen-bond acceptors (Lipinski definition) is 2. The van der Waals surface area contributed by atoms with Crippen LogP contribution in [0.2, 0.25) is 0 Å². The van der Waals surface area contributed by atoms with Crippen molar-refractivity contribution >= 4 is 55.5 Å². The van der Waals surface area contributed by atoms with Gasteiger partial charge in [0, 0.05) is 48.5 Å². The van der Waals surface area contributed by atoms with Crippen LogP contribution < -0.4 is 0 Å². The molecule has 0 atom stereocenters. The van der Waals surface area contributed by atoms with Gasteiger partial charge in [0.15, 0.2) is 0 Å². The van der Waals surface area contributed by atoms with Gasteiger partial charge in [0.1, 0.15) is 11.2 Å². The summed E-state index contributed by atoms with van der Waals surface area (Å²) in [6.07, 6.45) is 0. The summed E-state index contributed by atoms with van der Waals surface area (Å²) in [6.45, 7) is 4.77. The smallest absolute Gasteiger partial charge is 0.137 e. The van der Waals surface area contributed by atoms with Crippen LogP contribution in [0.25, 0.3) is 71.7 Å². The molecule has 7 aromatic carbocycles. The van der Waals surface area contributed by atoms with Crippen molar-refractivity contribution in [3.05, 3.63) is 163 Å². The van der Waals surface area contributed by atoms with Gasteiger partial charge in [0.05, 0.1) is 11.0 Å². The molecule has 10 rings (SSSR count). The molecule has 0 saturated carbocycles. The van der Waals surface area contributed by atoms with Gasteiger partial charge in [-0.3, -0.25) is 0 Å². The Kier molecular flexibility index (Phi) is 5.89. The molecule has 0 spiro atoms. The van der Waals surface area contributed by atoms with Gasteiger partial charge in [-0.05, 0) is 94.0 Å². The van der Waals surface area contributed by atoms with Crippen LogP contribution in [0.1, 0.15) is 25.0 Å². The molecule has 0 bridgehead atoms. The second-order valence-electron chi connectivity index (χ2n) is 13.3. The molecular formula is C45H31NOS. The van der Waals surface area contributed by atoms with Gasteiger partial charge in [-0.1, -0.05) is 111 Å². The zero-order valence-electron chi connectivity index (χ0n) is 26.7. The number of furan rings is 1. The molecule has 2 aromatic heterocycles. The van der Waals surface area contributed by atoms with Crippen LogP contribution in [-0.4, -0.2) is 4.57 Å². The van der Waals surface area contributed by atoms with Crippen molar-refractivity contribution in [2.24, 2.45) is 0 Å². The first-order valence-corrected chi connectivity index (χ1v) is 17.3. The third kappa shape index (κ3) is 4.01. The Morgan fingerprint density at radius 1 is 0.521 bits per heavy atom. The fourth-order valence-corrected chi connectivity index (χ4v) is 8.87. The summed E-state index contributed by atoms with van der Waals surface area (Å²) < 4.78 is 8.80. The minimum absolute atomic E-state index is 0.139. The Hall–Kier alpha value is -5.51. The highest BCUT2D eigenvalue weighted by Gasteiger charge is 2.38. The zero-order valence-corrected chi connectivity index (χ0v) is 27.5. The fourth-order valence-electron chi connectivity index (χ4n) is 8.03. The van der Waals surface area contributed by atoms with Crippen LogP contribution in [0.3, 0.4) is 0 Å². The van der Waals surface area contributed by atoms with E-state index in [0.29, 0.717) is 0 Å². The van der Waals surface area contributed by atoms with E-state index in [0.717, 1.165) is 27.6 Å². The average Bonchev–Trinajstić information content (AvgIpc) is 3.74. The zero-order chi connectivity index (χ0) is 32.0. The van der Waals surface area contributed by atoms with E-state index < -0.39 is 0 Å². The molecule has 9 aromatic rings. The van der Waals surface area contributed by atoms with Gasteiger partial charge < -0.3 is 8.98 Å². The Balaban J connectivity index is 1.20.